The molecule has 2 aromatic carbocycles. The van der Waals surface area contributed by atoms with E-state index in [1.54, 1.807) is 12.1 Å². The minimum Gasteiger partial charge on any atom is -0.487 e. The number of hydrogen-bond donors (Lipinski definition) is 1. The number of benzene rings is 2. The molecular weight excluding hydrogens is 389 g/mol. The zero-order chi connectivity index (χ0) is 14.5. The van der Waals surface area contributed by atoms with Gasteiger partial charge in [0.05, 0.1) is 4.47 Å². The maximum Gasteiger partial charge on any atom is 0.138 e. The van der Waals surface area contributed by atoms with Gasteiger partial charge in [0, 0.05) is 22.1 Å². The average molecular weight is 403 g/mol. The van der Waals surface area contributed by atoms with E-state index >= 15 is 0 Å². The topological polar surface area (TPSA) is 21.3 Å². The highest BCUT2D eigenvalue weighted by atomic mass is 79.9. The Morgan fingerprint density at radius 1 is 1.15 bits per heavy atom. The van der Waals surface area contributed by atoms with Crippen LogP contribution < -0.4 is 10.1 Å². The molecule has 106 valence electrons. The van der Waals surface area contributed by atoms with Crippen molar-refractivity contribution in [3.05, 3.63) is 62.3 Å². The summed E-state index contributed by atoms with van der Waals surface area (Å²) in [5.74, 6) is 0.469. The number of nitrogens with one attached hydrogen (secondary N) is 1. The van der Waals surface area contributed by atoms with Crippen molar-refractivity contribution in [1.82, 2.24) is 5.32 Å². The Labute approximate surface area is 134 Å². The third-order valence-electron chi connectivity index (χ3n) is 2.80. The fourth-order valence-electron chi connectivity index (χ4n) is 1.85. The predicted molar refractivity (Wildman–Crippen MR) is 85.3 cm³/mol. The van der Waals surface area contributed by atoms with Crippen LogP contribution in [0.25, 0.3) is 0 Å². The van der Waals surface area contributed by atoms with Crippen LogP contribution in [-0.4, -0.2) is 7.05 Å². The Morgan fingerprint density at radius 2 is 1.95 bits per heavy atom. The first-order valence-electron chi connectivity index (χ1n) is 6.10. The molecular formula is C15H14Br2FNO. The van der Waals surface area contributed by atoms with Crippen molar-refractivity contribution in [1.29, 1.82) is 0 Å². The Balaban J connectivity index is 2.20. The smallest absolute Gasteiger partial charge is 0.138 e. The Bertz CT molecular complexity index is 604. The molecule has 5 heteroatoms. The van der Waals surface area contributed by atoms with Gasteiger partial charge in [-0.2, -0.15) is 0 Å². The standard InChI is InChI=1S/C15H14Br2FNO/c1-19-8-10-3-2-4-13(17)15(10)20-9-11-7-12(16)5-6-14(11)18/h2-7,19H,8-9H2,1H3. The second-order valence-corrected chi connectivity index (χ2v) is 6.05. The Morgan fingerprint density at radius 3 is 2.70 bits per heavy atom. The SMILES string of the molecule is CNCc1cccc(Br)c1OCc1cc(Br)ccc1F. The van der Waals surface area contributed by atoms with E-state index < -0.39 is 0 Å². The van der Waals surface area contributed by atoms with E-state index in [1.807, 2.05) is 25.2 Å². The summed E-state index contributed by atoms with van der Waals surface area (Å²) in [6, 6.07) is 10.7. The van der Waals surface area contributed by atoms with Gasteiger partial charge in [0.2, 0.25) is 0 Å². The minimum atomic E-state index is -0.268. The highest BCUT2D eigenvalue weighted by molar-refractivity contribution is 9.10. The zero-order valence-electron chi connectivity index (χ0n) is 10.9. The largest absolute Gasteiger partial charge is 0.487 e. The molecule has 0 fully saturated rings. The van der Waals surface area contributed by atoms with Gasteiger partial charge < -0.3 is 10.1 Å². The van der Waals surface area contributed by atoms with Gasteiger partial charge in [0.25, 0.3) is 0 Å². The quantitative estimate of drug-likeness (QED) is 0.785. The number of para-hydroxylation sites is 1. The van der Waals surface area contributed by atoms with E-state index in [0.29, 0.717) is 12.1 Å². The maximum atomic E-state index is 13.7. The monoisotopic (exact) mass is 401 g/mol. The lowest BCUT2D eigenvalue weighted by Gasteiger charge is -2.13. The van der Waals surface area contributed by atoms with Crippen LogP contribution in [0, 0.1) is 5.82 Å². The molecule has 0 bridgehead atoms. The maximum absolute atomic E-state index is 13.7. The molecule has 0 atom stereocenters. The van der Waals surface area contributed by atoms with Crippen molar-refractivity contribution >= 4 is 31.9 Å². The van der Waals surface area contributed by atoms with Crippen LogP contribution in [0.15, 0.2) is 45.3 Å². The average Bonchev–Trinajstić information content (AvgIpc) is 2.42. The molecule has 0 aromatic heterocycles. The van der Waals surface area contributed by atoms with E-state index in [0.717, 1.165) is 20.3 Å². The molecule has 2 rings (SSSR count). The molecule has 2 nitrogen and oxygen atoms in total. The van der Waals surface area contributed by atoms with Crippen molar-refractivity contribution in [2.45, 2.75) is 13.2 Å². The summed E-state index contributed by atoms with van der Waals surface area (Å²) in [7, 11) is 1.87. The van der Waals surface area contributed by atoms with Crippen LogP contribution in [0.4, 0.5) is 4.39 Å². The van der Waals surface area contributed by atoms with Gasteiger partial charge in [-0.1, -0.05) is 28.1 Å². The summed E-state index contributed by atoms with van der Waals surface area (Å²) in [5.41, 5.74) is 1.54. The second-order valence-electron chi connectivity index (χ2n) is 4.28. The van der Waals surface area contributed by atoms with E-state index in [2.05, 4.69) is 37.2 Å². The molecule has 0 spiro atoms. The molecule has 0 aliphatic rings. The summed E-state index contributed by atoms with van der Waals surface area (Å²) in [5, 5.41) is 3.09. The first-order valence-corrected chi connectivity index (χ1v) is 7.69. The molecule has 1 N–H and O–H groups in total. The molecule has 0 aliphatic carbocycles. The first-order chi connectivity index (χ1) is 9.61. The molecule has 0 radical (unpaired) electrons. The number of ether oxygens (including phenoxy) is 1. The molecule has 2 aromatic rings. The van der Waals surface area contributed by atoms with Crippen molar-refractivity contribution in [2.75, 3.05) is 7.05 Å². The van der Waals surface area contributed by atoms with Crippen LogP contribution in [0.1, 0.15) is 11.1 Å². The van der Waals surface area contributed by atoms with Crippen LogP contribution in [0.3, 0.4) is 0 Å². The third kappa shape index (κ3) is 3.81. The molecule has 20 heavy (non-hydrogen) atoms. The molecule has 0 saturated heterocycles. The fraction of sp³-hybridized carbons (Fsp3) is 0.200. The van der Waals surface area contributed by atoms with Gasteiger partial charge in [-0.05, 0) is 47.2 Å². The molecule has 0 saturated carbocycles. The Kier molecular flexibility index (Phi) is 5.57. The molecule has 0 unspecified atom stereocenters. The van der Waals surface area contributed by atoms with E-state index in [-0.39, 0.29) is 12.4 Å². The van der Waals surface area contributed by atoms with Crippen LogP contribution >= 0.6 is 31.9 Å². The molecule has 0 amide bonds. The molecule has 0 aliphatic heterocycles. The molecule has 0 heterocycles. The highest BCUT2D eigenvalue weighted by Crippen LogP contribution is 2.30. The van der Waals surface area contributed by atoms with E-state index in [9.17, 15) is 4.39 Å². The Hall–Kier alpha value is -0.910. The third-order valence-corrected chi connectivity index (χ3v) is 3.91. The van der Waals surface area contributed by atoms with E-state index in [1.165, 1.54) is 6.07 Å². The van der Waals surface area contributed by atoms with Gasteiger partial charge in [-0.3, -0.25) is 0 Å². The summed E-state index contributed by atoms with van der Waals surface area (Å²) in [4.78, 5) is 0. The highest BCUT2D eigenvalue weighted by Gasteiger charge is 2.10. The van der Waals surface area contributed by atoms with Gasteiger partial charge in [0.15, 0.2) is 0 Å². The van der Waals surface area contributed by atoms with Crippen molar-refractivity contribution in [2.24, 2.45) is 0 Å². The number of rotatable bonds is 5. The van der Waals surface area contributed by atoms with Crippen LogP contribution in [0.2, 0.25) is 0 Å². The number of hydrogen-bond acceptors (Lipinski definition) is 2. The summed E-state index contributed by atoms with van der Waals surface area (Å²) < 4.78 is 21.2. The van der Waals surface area contributed by atoms with E-state index in [4.69, 9.17) is 4.74 Å². The fourth-order valence-corrected chi connectivity index (χ4v) is 2.78. The van der Waals surface area contributed by atoms with Gasteiger partial charge in [-0.15, -0.1) is 0 Å². The number of halogens is 3. The lowest BCUT2D eigenvalue weighted by atomic mass is 10.2. The van der Waals surface area contributed by atoms with Crippen LogP contribution in [0.5, 0.6) is 5.75 Å². The summed E-state index contributed by atoms with van der Waals surface area (Å²) in [6.07, 6.45) is 0. The normalized spacial score (nSPS) is 10.6. The van der Waals surface area contributed by atoms with Gasteiger partial charge in [0.1, 0.15) is 18.2 Å². The zero-order valence-corrected chi connectivity index (χ0v) is 14.1. The van der Waals surface area contributed by atoms with Crippen molar-refractivity contribution < 1.29 is 9.13 Å². The minimum absolute atomic E-state index is 0.185. The van der Waals surface area contributed by atoms with Gasteiger partial charge >= 0.3 is 0 Å². The van der Waals surface area contributed by atoms with Crippen molar-refractivity contribution in [3.63, 3.8) is 0 Å². The van der Waals surface area contributed by atoms with Gasteiger partial charge in [-0.25, -0.2) is 4.39 Å². The summed E-state index contributed by atoms with van der Waals surface area (Å²) >= 11 is 6.80. The lowest BCUT2D eigenvalue weighted by Crippen LogP contribution is -2.08. The first kappa shape index (κ1) is 15.5. The second kappa shape index (κ2) is 7.20. The lowest BCUT2D eigenvalue weighted by molar-refractivity contribution is 0.294. The predicted octanol–water partition coefficient (Wildman–Crippen LogP) is 4.65. The van der Waals surface area contributed by atoms with Crippen LogP contribution in [-0.2, 0) is 13.2 Å². The summed E-state index contributed by atoms with van der Waals surface area (Å²) in [6.45, 7) is 0.875. The van der Waals surface area contributed by atoms with Crippen molar-refractivity contribution in [3.8, 4) is 5.75 Å².